The maximum Gasteiger partial charge on any atom is 0.416 e. The van der Waals surface area contributed by atoms with Gasteiger partial charge in [-0.1, -0.05) is 15.9 Å². The average Bonchev–Trinajstić information content (AvgIpc) is 2.74. The Hall–Kier alpha value is -1.50. The van der Waals surface area contributed by atoms with Gasteiger partial charge in [0.1, 0.15) is 0 Å². The van der Waals surface area contributed by atoms with Gasteiger partial charge in [0.15, 0.2) is 0 Å². The van der Waals surface area contributed by atoms with Crippen molar-refractivity contribution < 1.29 is 13.2 Å². The number of nitrogens with one attached hydrogen (secondary N) is 1. The van der Waals surface area contributed by atoms with Crippen LogP contribution in [0.1, 0.15) is 5.56 Å². The fourth-order valence-electron chi connectivity index (χ4n) is 1.57. The van der Waals surface area contributed by atoms with Gasteiger partial charge in [0.2, 0.25) is 5.95 Å². The Morgan fingerprint density at radius 3 is 2.61 bits per heavy atom. The first-order valence-electron chi connectivity index (χ1n) is 5.01. The number of anilines is 1. The predicted molar refractivity (Wildman–Crippen MR) is 65.8 cm³/mol. The van der Waals surface area contributed by atoms with Gasteiger partial charge < -0.3 is 5.32 Å². The van der Waals surface area contributed by atoms with Crippen molar-refractivity contribution in [3.05, 3.63) is 40.6 Å². The first kappa shape index (κ1) is 12.9. The third kappa shape index (κ3) is 2.50. The van der Waals surface area contributed by atoms with Crippen LogP contribution in [0.15, 0.2) is 35.1 Å². The monoisotopic (exact) mass is 319 g/mol. The van der Waals surface area contributed by atoms with Crippen molar-refractivity contribution in [2.75, 3.05) is 12.4 Å². The molecule has 2 aromatic rings. The smallest absolute Gasteiger partial charge is 0.358 e. The molecule has 0 radical (unpaired) electrons. The second-order valence-corrected chi connectivity index (χ2v) is 4.48. The number of nitrogens with zero attached hydrogens (tertiary/aromatic N) is 2. The van der Waals surface area contributed by atoms with Gasteiger partial charge in [0, 0.05) is 23.9 Å². The van der Waals surface area contributed by atoms with Crippen LogP contribution in [0.25, 0.3) is 5.69 Å². The number of aromatic nitrogens is 2. The van der Waals surface area contributed by atoms with Gasteiger partial charge >= 0.3 is 6.18 Å². The zero-order valence-corrected chi connectivity index (χ0v) is 10.9. The topological polar surface area (TPSA) is 29.9 Å². The van der Waals surface area contributed by atoms with Gasteiger partial charge in [0.05, 0.1) is 11.3 Å². The number of rotatable bonds is 2. The minimum Gasteiger partial charge on any atom is -0.358 e. The van der Waals surface area contributed by atoms with Crippen LogP contribution in [0.5, 0.6) is 0 Å². The number of hydrogen-bond acceptors (Lipinski definition) is 2. The zero-order valence-electron chi connectivity index (χ0n) is 9.29. The summed E-state index contributed by atoms with van der Waals surface area (Å²) in [6, 6.07) is 3.71. The lowest BCUT2D eigenvalue weighted by atomic mass is 10.2. The summed E-state index contributed by atoms with van der Waals surface area (Å²) in [5, 5.41) is 2.81. The van der Waals surface area contributed by atoms with Crippen LogP contribution in [0.2, 0.25) is 0 Å². The van der Waals surface area contributed by atoms with Crippen LogP contribution < -0.4 is 5.32 Å². The number of alkyl halides is 3. The molecule has 1 aromatic carbocycles. The van der Waals surface area contributed by atoms with Crippen molar-refractivity contribution in [1.29, 1.82) is 0 Å². The Morgan fingerprint density at radius 2 is 2.00 bits per heavy atom. The highest BCUT2D eigenvalue weighted by molar-refractivity contribution is 9.10. The SMILES string of the molecule is CNc1nccn1-c1cc(Br)cc(C(F)(F)F)c1. The minimum atomic E-state index is -4.38. The molecule has 0 atom stereocenters. The molecule has 0 amide bonds. The molecule has 0 fully saturated rings. The second-order valence-electron chi connectivity index (χ2n) is 3.57. The third-order valence-corrected chi connectivity index (χ3v) is 2.81. The van der Waals surface area contributed by atoms with Crippen LogP contribution in [0, 0.1) is 0 Å². The molecule has 0 aliphatic carbocycles. The summed E-state index contributed by atoms with van der Waals surface area (Å²) < 4.78 is 40.0. The molecule has 0 aliphatic heterocycles. The van der Waals surface area contributed by atoms with E-state index in [1.54, 1.807) is 23.9 Å². The van der Waals surface area contributed by atoms with Crippen LogP contribution in [-0.2, 0) is 6.18 Å². The molecule has 3 nitrogen and oxygen atoms in total. The van der Waals surface area contributed by atoms with E-state index < -0.39 is 11.7 Å². The molecule has 2 rings (SSSR count). The van der Waals surface area contributed by atoms with E-state index in [1.807, 2.05) is 0 Å². The first-order chi connectivity index (χ1) is 8.41. The maximum absolute atomic E-state index is 12.7. The molecule has 0 unspecified atom stereocenters. The van der Waals surface area contributed by atoms with Gasteiger partial charge in [0.25, 0.3) is 0 Å². The summed E-state index contributed by atoms with van der Waals surface area (Å²) in [6.45, 7) is 0. The van der Waals surface area contributed by atoms with Gasteiger partial charge in [-0.15, -0.1) is 0 Å². The molecule has 0 spiro atoms. The molecule has 7 heteroatoms. The van der Waals surface area contributed by atoms with E-state index in [0.29, 0.717) is 16.1 Å². The molecular weight excluding hydrogens is 311 g/mol. The summed E-state index contributed by atoms with van der Waals surface area (Å²) in [6.07, 6.45) is -1.27. The fourth-order valence-corrected chi connectivity index (χ4v) is 2.05. The Kier molecular flexibility index (Phi) is 3.34. The Bertz CT molecular complexity index is 563. The van der Waals surface area contributed by atoms with Crippen molar-refractivity contribution in [3.8, 4) is 5.69 Å². The van der Waals surface area contributed by atoms with Crippen LogP contribution >= 0.6 is 15.9 Å². The average molecular weight is 320 g/mol. The number of halogens is 4. The van der Waals surface area contributed by atoms with Crippen molar-refractivity contribution in [2.24, 2.45) is 0 Å². The second kappa shape index (κ2) is 4.64. The Labute approximate surface area is 110 Å². The van der Waals surface area contributed by atoms with Crippen molar-refractivity contribution in [1.82, 2.24) is 9.55 Å². The lowest BCUT2D eigenvalue weighted by Gasteiger charge is -2.12. The van der Waals surface area contributed by atoms with Crippen LogP contribution in [0.3, 0.4) is 0 Å². The molecule has 0 bridgehead atoms. The summed E-state index contributed by atoms with van der Waals surface area (Å²) in [5.41, 5.74) is -0.318. The predicted octanol–water partition coefficient (Wildman–Crippen LogP) is 3.70. The molecule has 1 aromatic heterocycles. The zero-order chi connectivity index (χ0) is 13.3. The van der Waals surface area contributed by atoms with Crippen molar-refractivity contribution in [2.45, 2.75) is 6.18 Å². The minimum absolute atomic E-state index is 0.364. The van der Waals surface area contributed by atoms with E-state index >= 15 is 0 Å². The fraction of sp³-hybridized carbons (Fsp3) is 0.182. The summed E-state index contributed by atoms with van der Waals surface area (Å²) >= 11 is 3.08. The van der Waals surface area contributed by atoms with E-state index in [0.717, 1.165) is 12.1 Å². The molecule has 18 heavy (non-hydrogen) atoms. The molecule has 1 N–H and O–H groups in total. The quantitative estimate of drug-likeness (QED) is 0.914. The van der Waals surface area contributed by atoms with E-state index in [9.17, 15) is 13.2 Å². The Balaban J connectivity index is 2.56. The number of benzene rings is 1. The summed E-state index contributed by atoms with van der Waals surface area (Å²) in [4.78, 5) is 3.99. The van der Waals surface area contributed by atoms with Gasteiger partial charge in [-0.05, 0) is 18.2 Å². The van der Waals surface area contributed by atoms with Crippen LogP contribution in [-0.4, -0.2) is 16.6 Å². The highest BCUT2D eigenvalue weighted by Gasteiger charge is 2.31. The van der Waals surface area contributed by atoms with E-state index in [-0.39, 0.29) is 0 Å². The van der Waals surface area contributed by atoms with Crippen LogP contribution in [0.4, 0.5) is 19.1 Å². The largest absolute Gasteiger partial charge is 0.416 e. The van der Waals surface area contributed by atoms with Gasteiger partial charge in [-0.2, -0.15) is 13.2 Å². The maximum atomic E-state index is 12.7. The highest BCUT2D eigenvalue weighted by Crippen LogP contribution is 2.33. The van der Waals surface area contributed by atoms with Gasteiger partial charge in [-0.3, -0.25) is 4.57 Å². The summed E-state index contributed by atoms with van der Waals surface area (Å²) in [5.74, 6) is 0.473. The number of hydrogen-bond donors (Lipinski definition) is 1. The van der Waals surface area contributed by atoms with Crippen molar-refractivity contribution in [3.63, 3.8) is 0 Å². The number of imidazole rings is 1. The molecule has 0 saturated heterocycles. The van der Waals surface area contributed by atoms with Gasteiger partial charge in [-0.25, -0.2) is 4.98 Å². The molecule has 0 aliphatic rings. The normalized spacial score (nSPS) is 11.6. The van der Waals surface area contributed by atoms with E-state index in [1.165, 1.54) is 6.20 Å². The molecular formula is C11H9BrF3N3. The lowest BCUT2D eigenvalue weighted by molar-refractivity contribution is -0.137. The highest BCUT2D eigenvalue weighted by atomic mass is 79.9. The molecule has 96 valence electrons. The van der Waals surface area contributed by atoms with E-state index in [4.69, 9.17) is 0 Å². The molecule has 0 saturated carbocycles. The Morgan fingerprint density at radius 1 is 1.28 bits per heavy atom. The third-order valence-electron chi connectivity index (χ3n) is 2.35. The van der Waals surface area contributed by atoms with Crippen molar-refractivity contribution >= 4 is 21.9 Å². The first-order valence-corrected chi connectivity index (χ1v) is 5.80. The molecule has 1 heterocycles. The lowest BCUT2D eigenvalue weighted by Crippen LogP contribution is -2.07. The standard InChI is InChI=1S/C11H9BrF3N3/c1-16-10-17-2-3-18(10)9-5-7(11(13,14)15)4-8(12)6-9/h2-6H,1H3,(H,16,17). The summed E-state index contributed by atoms with van der Waals surface area (Å²) in [7, 11) is 1.65. The van der Waals surface area contributed by atoms with E-state index in [2.05, 4.69) is 26.2 Å².